The summed E-state index contributed by atoms with van der Waals surface area (Å²) in [6, 6.07) is 9.79. The predicted octanol–water partition coefficient (Wildman–Crippen LogP) is 2.17. The number of carbonyl (C=O) groups is 1. The third-order valence-electron chi connectivity index (χ3n) is 3.78. The number of amides is 1. The van der Waals surface area contributed by atoms with Crippen LogP contribution in [-0.2, 0) is 14.8 Å². The third kappa shape index (κ3) is 4.80. The molecule has 0 saturated heterocycles. The van der Waals surface area contributed by atoms with Gasteiger partial charge in [0.1, 0.15) is 5.75 Å². The summed E-state index contributed by atoms with van der Waals surface area (Å²) >= 11 is 0. The second-order valence-corrected chi connectivity index (χ2v) is 7.79. The molecule has 0 aliphatic carbocycles. The van der Waals surface area contributed by atoms with Crippen LogP contribution in [0, 0.1) is 17.0 Å². The van der Waals surface area contributed by atoms with Crippen molar-refractivity contribution in [2.75, 3.05) is 26.0 Å². The van der Waals surface area contributed by atoms with Crippen LogP contribution in [0.25, 0.3) is 0 Å². The van der Waals surface area contributed by atoms with Crippen LogP contribution < -0.4 is 10.1 Å². The number of benzene rings is 2. The van der Waals surface area contributed by atoms with Crippen molar-refractivity contribution in [3.05, 3.63) is 58.1 Å². The first-order valence-corrected chi connectivity index (χ1v) is 9.24. The number of hydrogen-bond donors (Lipinski definition) is 1. The van der Waals surface area contributed by atoms with Gasteiger partial charge in [-0.15, -0.1) is 0 Å². The molecule has 0 spiro atoms. The SMILES string of the molecule is COc1ccc(S(=O)(=O)N(C)CC(=O)Nc2cccc([N+](=O)[O-])c2)cc1C. The Morgan fingerprint density at radius 3 is 2.56 bits per heavy atom. The van der Waals surface area contributed by atoms with Crippen molar-refractivity contribution in [1.82, 2.24) is 4.31 Å². The van der Waals surface area contributed by atoms with Crippen molar-refractivity contribution in [1.29, 1.82) is 0 Å². The molecule has 144 valence electrons. The second kappa shape index (κ2) is 8.14. The number of carbonyl (C=O) groups excluding carboxylic acids is 1. The predicted molar refractivity (Wildman–Crippen MR) is 99.3 cm³/mol. The second-order valence-electron chi connectivity index (χ2n) is 5.75. The molecule has 0 aliphatic rings. The molecule has 0 heterocycles. The summed E-state index contributed by atoms with van der Waals surface area (Å²) in [5.41, 5.74) is 0.677. The number of nitro benzene ring substituents is 1. The zero-order valence-corrected chi connectivity index (χ0v) is 15.8. The van der Waals surface area contributed by atoms with E-state index < -0.39 is 27.4 Å². The Kier molecular flexibility index (Phi) is 6.13. The Bertz CT molecular complexity index is 974. The van der Waals surface area contributed by atoms with E-state index in [1.165, 1.54) is 50.6 Å². The summed E-state index contributed by atoms with van der Waals surface area (Å²) in [6.07, 6.45) is 0. The summed E-state index contributed by atoms with van der Waals surface area (Å²) in [5.74, 6) is -0.0631. The number of nitrogens with zero attached hydrogens (tertiary/aromatic N) is 2. The maximum Gasteiger partial charge on any atom is 0.271 e. The van der Waals surface area contributed by atoms with Gasteiger partial charge < -0.3 is 10.1 Å². The number of ether oxygens (including phenoxy) is 1. The lowest BCUT2D eigenvalue weighted by Gasteiger charge is -2.17. The van der Waals surface area contributed by atoms with Crippen LogP contribution in [0.5, 0.6) is 5.75 Å². The van der Waals surface area contributed by atoms with Crippen LogP contribution in [-0.4, -0.2) is 44.3 Å². The van der Waals surface area contributed by atoms with Crippen LogP contribution >= 0.6 is 0 Å². The van der Waals surface area contributed by atoms with E-state index in [-0.39, 0.29) is 16.3 Å². The van der Waals surface area contributed by atoms with E-state index in [2.05, 4.69) is 5.32 Å². The molecule has 0 unspecified atom stereocenters. The lowest BCUT2D eigenvalue weighted by molar-refractivity contribution is -0.384. The quantitative estimate of drug-likeness (QED) is 0.569. The fraction of sp³-hybridized carbons (Fsp3) is 0.235. The lowest BCUT2D eigenvalue weighted by Crippen LogP contribution is -2.35. The van der Waals surface area contributed by atoms with Gasteiger partial charge in [-0.3, -0.25) is 14.9 Å². The van der Waals surface area contributed by atoms with E-state index in [0.29, 0.717) is 11.3 Å². The van der Waals surface area contributed by atoms with E-state index >= 15 is 0 Å². The van der Waals surface area contributed by atoms with E-state index in [0.717, 1.165) is 4.31 Å². The number of aryl methyl sites for hydroxylation is 1. The van der Waals surface area contributed by atoms with Gasteiger partial charge in [0.05, 0.1) is 23.5 Å². The Labute approximate surface area is 156 Å². The van der Waals surface area contributed by atoms with E-state index in [1.807, 2.05) is 0 Å². The molecule has 0 aromatic heterocycles. The van der Waals surface area contributed by atoms with Gasteiger partial charge in [0.25, 0.3) is 5.69 Å². The molecule has 1 amide bonds. The Hall–Kier alpha value is -2.98. The highest BCUT2D eigenvalue weighted by atomic mass is 32.2. The lowest BCUT2D eigenvalue weighted by atomic mass is 10.2. The molecule has 2 aromatic carbocycles. The molecule has 27 heavy (non-hydrogen) atoms. The summed E-state index contributed by atoms with van der Waals surface area (Å²) in [4.78, 5) is 22.4. The number of anilines is 1. The van der Waals surface area contributed by atoms with Crippen LogP contribution in [0.15, 0.2) is 47.4 Å². The average molecular weight is 393 g/mol. The molecular formula is C17H19N3O6S. The highest BCUT2D eigenvalue weighted by Crippen LogP contribution is 2.23. The maximum absolute atomic E-state index is 12.6. The molecule has 1 N–H and O–H groups in total. The summed E-state index contributed by atoms with van der Waals surface area (Å²) in [6.45, 7) is 1.27. The molecule has 0 aliphatic heterocycles. The molecule has 0 bridgehead atoms. The fourth-order valence-electron chi connectivity index (χ4n) is 2.38. The van der Waals surface area contributed by atoms with Gasteiger partial charge in [-0.1, -0.05) is 6.07 Å². The standard InChI is InChI=1S/C17H19N3O6S/c1-12-9-15(7-8-16(12)26-3)27(24,25)19(2)11-17(21)18-13-5-4-6-14(10-13)20(22)23/h4-10H,11H2,1-3H3,(H,18,21). The highest BCUT2D eigenvalue weighted by Gasteiger charge is 2.24. The first-order chi connectivity index (χ1) is 12.6. The minimum atomic E-state index is -3.89. The molecular weight excluding hydrogens is 374 g/mol. The van der Waals surface area contributed by atoms with Crippen molar-refractivity contribution in [2.45, 2.75) is 11.8 Å². The number of likely N-dealkylation sites (N-methyl/N-ethyl adjacent to an activating group) is 1. The molecule has 2 aromatic rings. The van der Waals surface area contributed by atoms with E-state index in [4.69, 9.17) is 4.74 Å². The number of non-ortho nitro benzene ring substituents is 1. The summed E-state index contributed by atoms with van der Waals surface area (Å²) in [5, 5.41) is 13.2. The maximum atomic E-state index is 12.6. The van der Waals surface area contributed by atoms with Gasteiger partial charge in [-0.2, -0.15) is 4.31 Å². The van der Waals surface area contributed by atoms with Crippen molar-refractivity contribution in [3.63, 3.8) is 0 Å². The normalized spacial score (nSPS) is 11.3. The number of rotatable bonds is 7. The first-order valence-electron chi connectivity index (χ1n) is 7.80. The molecule has 10 heteroatoms. The van der Waals surface area contributed by atoms with Crippen LogP contribution in [0.4, 0.5) is 11.4 Å². The number of sulfonamides is 1. The van der Waals surface area contributed by atoms with Crippen LogP contribution in [0.3, 0.4) is 0 Å². The van der Waals surface area contributed by atoms with Gasteiger partial charge >= 0.3 is 0 Å². The molecule has 0 radical (unpaired) electrons. The number of nitrogens with one attached hydrogen (secondary N) is 1. The molecule has 0 fully saturated rings. The summed E-state index contributed by atoms with van der Waals surface area (Å²) in [7, 11) is -1.12. The Balaban J connectivity index is 2.12. The van der Waals surface area contributed by atoms with E-state index in [9.17, 15) is 23.3 Å². The number of methoxy groups -OCH3 is 1. The first kappa shape index (κ1) is 20.3. The zero-order valence-electron chi connectivity index (χ0n) is 15.0. The van der Waals surface area contributed by atoms with Gasteiger partial charge in [-0.05, 0) is 36.8 Å². The minimum absolute atomic E-state index is 0.0337. The highest BCUT2D eigenvalue weighted by molar-refractivity contribution is 7.89. The third-order valence-corrected chi connectivity index (χ3v) is 5.58. The van der Waals surface area contributed by atoms with Crippen LogP contribution in [0.1, 0.15) is 5.56 Å². The molecule has 9 nitrogen and oxygen atoms in total. The number of hydrogen-bond acceptors (Lipinski definition) is 6. The topological polar surface area (TPSA) is 119 Å². The van der Waals surface area contributed by atoms with Gasteiger partial charge in [0.2, 0.25) is 15.9 Å². The van der Waals surface area contributed by atoms with Gasteiger partial charge in [-0.25, -0.2) is 8.42 Å². The van der Waals surface area contributed by atoms with E-state index in [1.54, 1.807) is 13.0 Å². The summed E-state index contributed by atoms with van der Waals surface area (Å²) < 4.78 is 31.3. The van der Waals surface area contributed by atoms with Crippen molar-refractivity contribution >= 4 is 27.3 Å². The van der Waals surface area contributed by atoms with Crippen molar-refractivity contribution in [3.8, 4) is 5.75 Å². The van der Waals surface area contributed by atoms with Crippen molar-refractivity contribution in [2.24, 2.45) is 0 Å². The van der Waals surface area contributed by atoms with Gasteiger partial charge in [0, 0.05) is 24.9 Å². The Morgan fingerprint density at radius 2 is 1.96 bits per heavy atom. The number of nitro groups is 1. The zero-order chi connectivity index (χ0) is 20.2. The fourth-order valence-corrected chi connectivity index (χ4v) is 3.59. The van der Waals surface area contributed by atoms with Gasteiger partial charge in [0.15, 0.2) is 0 Å². The van der Waals surface area contributed by atoms with Crippen LogP contribution in [0.2, 0.25) is 0 Å². The molecule has 0 atom stereocenters. The Morgan fingerprint density at radius 1 is 1.26 bits per heavy atom. The molecule has 2 rings (SSSR count). The molecule has 0 saturated carbocycles. The minimum Gasteiger partial charge on any atom is -0.496 e. The monoisotopic (exact) mass is 393 g/mol. The smallest absolute Gasteiger partial charge is 0.271 e. The van der Waals surface area contributed by atoms with Crippen molar-refractivity contribution < 1.29 is 22.9 Å². The largest absolute Gasteiger partial charge is 0.496 e. The average Bonchev–Trinajstić information content (AvgIpc) is 2.61.